The molecule has 0 atom stereocenters. The molecule has 134 valence electrons. The number of carbonyl (C=O) groups excluding carboxylic acids is 1. The van der Waals surface area contributed by atoms with Gasteiger partial charge in [0.15, 0.2) is 0 Å². The van der Waals surface area contributed by atoms with Crippen molar-refractivity contribution < 1.29 is 9.18 Å². The highest BCUT2D eigenvalue weighted by molar-refractivity contribution is 6.01. The van der Waals surface area contributed by atoms with Gasteiger partial charge in [0, 0.05) is 23.9 Å². The fourth-order valence-corrected chi connectivity index (χ4v) is 3.26. The molecule has 3 aromatic carbocycles. The van der Waals surface area contributed by atoms with E-state index in [2.05, 4.69) is 10.3 Å². The quantitative estimate of drug-likeness (QED) is 0.527. The Morgan fingerprint density at radius 3 is 2.26 bits per heavy atom. The summed E-state index contributed by atoms with van der Waals surface area (Å²) in [6.07, 6.45) is 0.554. The highest BCUT2D eigenvalue weighted by Crippen LogP contribution is 2.26. The van der Waals surface area contributed by atoms with Crippen LogP contribution in [0.25, 0.3) is 10.9 Å². The molecular formula is C23H19FN2O. The maximum atomic E-state index is 13.8. The summed E-state index contributed by atoms with van der Waals surface area (Å²) in [4.78, 5) is 16.0. The molecule has 0 bridgehead atoms. The van der Waals surface area contributed by atoms with Crippen molar-refractivity contribution >= 4 is 16.8 Å². The van der Waals surface area contributed by atoms with Crippen molar-refractivity contribution in [1.29, 1.82) is 0 Å². The predicted octanol–water partition coefficient (Wildman–Crippen LogP) is 4.83. The van der Waals surface area contributed by atoms with E-state index in [0.29, 0.717) is 18.7 Å². The molecule has 27 heavy (non-hydrogen) atoms. The van der Waals surface area contributed by atoms with E-state index in [4.69, 9.17) is 0 Å². The van der Waals surface area contributed by atoms with Crippen LogP contribution in [-0.4, -0.2) is 10.9 Å². The lowest BCUT2D eigenvalue weighted by molar-refractivity contribution is 0.0946. The first-order valence-corrected chi connectivity index (χ1v) is 8.87. The van der Waals surface area contributed by atoms with Crippen LogP contribution < -0.4 is 5.32 Å². The number of carbonyl (C=O) groups is 1. The zero-order valence-corrected chi connectivity index (χ0v) is 14.7. The lowest BCUT2D eigenvalue weighted by atomic mass is 10.0. The van der Waals surface area contributed by atoms with Crippen LogP contribution in [0.3, 0.4) is 0 Å². The summed E-state index contributed by atoms with van der Waals surface area (Å²) in [5, 5.41) is 3.69. The first-order valence-electron chi connectivity index (χ1n) is 8.87. The standard InChI is InChI=1S/C23H19FN2O/c24-18-11-12-21-19(14-18)20(13-16-7-3-1-4-8-16)22(26-21)23(27)25-15-17-9-5-2-6-10-17/h1-12,14,26H,13,15H2,(H,25,27). The van der Waals surface area contributed by atoms with Gasteiger partial charge in [0.25, 0.3) is 5.91 Å². The largest absolute Gasteiger partial charge is 0.350 e. The molecule has 4 rings (SSSR count). The highest BCUT2D eigenvalue weighted by Gasteiger charge is 2.18. The van der Waals surface area contributed by atoms with E-state index in [9.17, 15) is 9.18 Å². The molecule has 1 amide bonds. The lowest BCUT2D eigenvalue weighted by Crippen LogP contribution is -2.24. The SMILES string of the molecule is O=C(NCc1ccccc1)c1[nH]c2ccc(F)cc2c1Cc1ccccc1. The number of aromatic amines is 1. The molecule has 0 aliphatic heterocycles. The number of hydrogen-bond donors (Lipinski definition) is 2. The van der Waals surface area contributed by atoms with Gasteiger partial charge in [-0.1, -0.05) is 60.7 Å². The van der Waals surface area contributed by atoms with Crippen molar-refractivity contribution in [2.75, 3.05) is 0 Å². The zero-order valence-electron chi connectivity index (χ0n) is 14.7. The van der Waals surface area contributed by atoms with E-state index < -0.39 is 0 Å². The Morgan fingerprint density at radius 1 is 0.889 bits per heavy atom. The summed E-state index contributed by atoms with van der Waals surface area (Å²) in [7, 11) is 0. The number of fused-ring (bicyclic) bond motifs is 1. The molecule has 3 nitrogen and oxygen atoms in total. The van der Waals surface area contributed by atoms with Crippen molar-refractivity contribution in [3.05, 3.63) is 107 Å². The van der Waals surface area contributed by atoms with Crippen LogP contribution >= 0.6 is 0 Å². The van der Waals surface area contributed by atoms with Crippen LogP contribution in [0.15, 0.2) is 78.9 Å². The molecule has 0 aliphatic rings. The Balaban J connectivity index is 1.68. The normalized spacial score (nSPS) is 10.9. The van der Waals surface area contributed by atoms with Crippen molar-refractivity contribution in [1.82, 2.24) is 10.3 Å². The van der Waals surface area contributed by atoms with Gasteiger partial charge in [-0.05, 0) is 34.9 Å². The van der Waals surface area contributed by atoms with Crippen LogP contribution in [0.1, 0.15) is 27.2 Å². The fraction of sp³-hybridized carbons (Fsp3) is 0.0870. The smallest absolute Gasteiger partial charge is 0.268 e. The van der Waals surface area contributed by atoms with E-state index in [1.807, 2.05) is 60.7 Å². The minimum atomic E-state index is -0.313. The molecule has 1 heterocycles. The molecule has 0 radical (unpaired) electrons. The van der Waals surface area contributed by atoms with Gasteiger partial charge in [-0.15, -0.1) is 0 Å². The number of aromatic nitrogens is 1. The van der Waals surface area contributed by atoms with Gasteiger partial charge in [0.1, 0.15) is 11.5 Å². The molecule has 4 heteroatoms. The molecule has 0 unspecified atom stereocenters. The van der Waals surface area contributed by atoms with Gasteiger partial charge in [0.05, 0.1) is 0 Å². The number of halogens is 1. The Labute approximate surface area is 156 Å². The summed E-state index contributed by atoms with van der Waals surface area (Å²) in [5.41, 5.74) is 4.14. The molecule has 0 aliphatic carbocycles. The molecular weight excluding hydrogens is 339 g/mol. The third-order valence-corrected chi connectivity index (χ3v) is 4.61. The predicted molar refractivity (Wildman–Crippen MR) is 105 cm³/mol. The molecule has 0 saturated carbocycles. The summed E-state index contributed by atoms with van der Waals surface area (Å²) in [6.45, 7) is 0.439. The van der Waals surface area contributed by atoms with E-state index in [0.717, 1.165) is 27.6 Å². The Morgan fingerprint density at radius 2 is 1.56 bits per heavy atom. The summed E-state index contributed by atoms with van der Waals surface area (Å²) in [6, 6.07) is 24.2. The second kappa shape index (κ2) is 7.46. The van der Waals surface area contributed by atoms with Gasteiger partial charge in [-0.2, -0.15) is 0 Å². The molecule has 2 N–H and O–H groups in total. The van der Waals surface area contributed by atoms with Gasteiger partial charge < -0.3 is 10.3 Å². The summed E-state index contributed by atoms with van der Waals surface area (Å²) >= 11 is 0. The Kier molecular flexibility index (Phi) is 4.71. The maximum absolute atomic E-state index is 13.8. The lowest BCUT2D eigenvalue weighted by Gasteiger charge is -2.07. The molecule has 1 aromatic heterocycles. The molecule has 0 spiro atoms. The van der Waals surface area contributed by atoms with Crippen LogP contribution in [0.5, 0.6) is 0 Å². The van der Waals surface area contributed by atoms with Crippen molar-refractivity contribution in [3.8, 4) is 0 Å². The van der Waals surface area contributed by atoms with Crippen molar-refractivity contribution in [3.63, 3.8) is 0 Å². The average Bonchev–Trinajstić information content (AvgIpc) is 3.05. The molecule has 0 saturated heterocycles. The minimum Gasteiger partial charge on any atom is -0.350 e. The first-order chi connectivity index (χ1) is 13.2. The third kappa shape index (κ3) is 3.75. The second-order valence-corrected chi connectivity index (χ2v) is 6.50. The maximum Gasteiger partial charge on any atom is 0.268 e. The van der Waals surface area contributed by atoms with Gasteiger partial charge in [0.2, 0.25) is 0 Å². The number of rotatable bonds is 5. The average molecular weight is 358 g/mol. The van der Waals surface area contributed by atoms with Gasteiger partial charge in [-0.25, -0.2) is 4.39 Å². The van der Waals surface area contributed by atoms with Crippen LogP contribution in [0.4, 0.5) is 4.39 Å². The number of benzene rings is 3. The van der Waals surface area contributed by atoms with E-state index >= 15 is 0 Å². The monoisotopic (exact) mass is 358 g/mol. The topological polar surface area (TPSA) is 44.9 Å². The highest BCUT2D eigenvalue weighted by atomic mass is 19.1. The van der Waals surface area contributed by atoms with E-state index in [-0.39, 0.29) is 11.7 Å². The fourth-order valence-electron chi connectivity index (χ4n) is 3.26. The summed E-state index contributed by atoms with van der Waals surface area (Å²) < 4.78 is 13.8. The zero-order chi connectivity index (χ0) is 18.6. The minimum absolute atomic E-state index is 0.193. The number of amides is 1. The number of H-pyrrole nitrogens is 1. The van der Waals surface area contributed by atoms with Crippen molar-refractivity contribution in [2.24, 2.45) is 0 Å². The molecule has 4 aromatic rings. The Bertz CT molecular complexity index is 1070. The first kappa shape index (κ1) is 17.0. The van der Waals surface area contributed by atoms with Gasteiger partial charge >= 0.3 is 0 Å². The number of nitrogens with one attached hydrogen (secondary N) is 2. The second-order valence-electron chi connectivity index (χ2n) is 6.50. The van der Waals surface area contributed by atoms with E-state index in [1.165, 1.54) is 12.1 Å². The van der Waals surface area contributed by atoms with Crippen LogP contribution in [0, 0.1) is 5.82 Å². The van der Waals surface area contributed by atoms with E-state index in [1.54, 1.807) is 6.07 Å². The number of hydrogen-bond acceptors (Lipinski definition) is 1. The Hall–Kier alpha value is -3.40. The van der Waals surface area contributed by atoms with Crippen LogP contribution in [-0.2, 0) is 13.0 Å². The van der Waals surface area contributed by atoms with Crippen LogP contribution in [0.2, 0.25) is 0 Å². The molecule has 0 fully saturated rings. The summed E-state index contributed by atoms with van der Waals surface area (Å²) in [5.74, 6) is -0.506. The third-order valence-electron chi connectivity index (χ3n) is 4.61. The van der Waals surface area contributed by atoms with Crippen molar-refractivity contribution in [2.45, 2.75) is 13.0 Å². The van der Waals surface area contributed by atoms with Gasteiger partial charge in [-0.3, -0.25) is 4.79 Å².